The third-order valence-electron chi connectivity index (χ3n) is 5.01. The molecule has 0 saturated heterocycles. The van der Waals surface area contributed by atoms with Crippen LogP contribution in [0, 0.1) is 13.8 Å². The molecule has 25 heavy (non-hydrogen) atoms. The van der Waals surface area contributed by atoms with Crippen molar-refractivity contribution in [3.05, 3.63) is 53.5 Å². The molecule has 1 N–H and O–H groups in total. The molecule has 0 radical (unpaired) electrons. The summed E-state index contributed by atoms with van der Waals surface area (Å²) in [5.41, 5.74) is 2.36. The van der Waals surface area contributed by atoms with E-state index in [1.165, 1.54) is 6.26 Å². The largest absolute Gasteiger partial charge is 0.472 e. The lowest BCUT2D eigenvalue weighted by atomic mass is 10.1. The Morgan fingerprint density at radius 1 is 1.20 bits per heavy atom. The number of hydrogen-bond donors (Lipinski definition) is 1. The predicted octanol–water partition coefficient (Wildman–Crippen LogP) is 3.30. The summed E-state index contributed by atoms with van der Waals surface area (Å²) in [6.07, 6.45) is 5.27. The van der Waals surface area contributed by atoms with Gasteiger partial charge in [-0.2, -0.15) is 0 Å². The summed E-state index contributed by atoms with van der Waals surface area (Å²) in [7, 11) is -3.78. The minimum atomic E-state index is -3.78. The zero-order chi connectivity index (χ0) is 18.1. The molecule has 1 heterocycles. The number of furan rings is 1. The number of carbonyl (C=O) groups is 1. The smallest absolute Gasteiger partial charge is 0.242 e. The van der Waals surface area contributed by atoms with Crippen molar-refractivity contribution >= 4 is 15.7 Å². The van der Waals surface area contributed by atoms with Gasteiger partial charge in [0.1, 0.15) is 0 Å². The molecule has 5 nitrogen and oxygen atoms in total. The zero-order valence-corrected chi connectivity index (χ0v) is 15.4. The number of rotatable bonds is 5. The number of nitrogens with one attached hydrogen (secondary N) is 1. The Bertz CT molecular complexity index is 863. The van der Waals surface area contributed by atoms with Crippen molar-refractivity contribution in [2.75, 3.05) is 0 Å². The molecule has 134 valence electrons. The van der Waals surface area contributed by atoms with Gasteiger partial charge in [0.05, 0.1) is 17.4 Å². The van der Waals surface area contributed by atoms with E-state index in [4.69, 9.17) is 4.42 Å². The molecule has 0 bridgehead atoms. The predicted molar refractivity (Wildman–Crippen MR) is 94.9 cm³/mol. The molecule has 2 aromatic rings. The highest BCUT2D eigenvalue weighted by atomic mass is 32.2. The minimum absolute atomic E-state index is 0.263. The van der Waals surface area contributed by atoms with E-state index in [0.717, 1.165) is 24.0 Å². The van der Waals surface area contributed by atoms with Gasteiger partial charge in [0.25, 0.3) is 0 Å². The molecular formula is C19H23NO4S. The fourth-order valence-electron chi connectivity index (χ4n) is 3.51. The molecule has 1 aromatic carbocycles. The summed E-state index contributed by atoms with van der Waals surface area (Å²) in [4.78, 5) is 13.2. The Balaban J connectivity index is 1.96. The highest BCUT2D eigenvalue weighted by Crippen LogP contribution is 2.41. The third-order valence-corrected chi connectivity index (χ3v) is 7.65. The van der Waals surface area contributed by atoms with Crippen molar-refractivity contribution in [3.8, 4) is 0 Å². The highest BCUT2D eigenvalue weighted by molar-refractivity contribution is 7.93. The van der Waals surface area contributed by atoms with Gasteiger partial charge in [-0.3, -0.25) is 4.79 Å². The van der Waals surface area contributed by atoms with E-state index < -0.39 is 20.5 Å². The van der Waals surface area contributed by atoms with E-state index in [0.29, 0.717) is 18.4 Å². The molecule has 3 rings (SSSR count). The average Bonchev–Trinajstić information content (AvgIpc) is 3.27. The lowest BCUT2D eigenvalue weighted by Crippen LogP contribution is -2.50. The van der Waals surface area contributed by atoms with Crippen LogP contribution in [0.1, 0.15) is 42.4 Å². The van der Waals surface area contributed by atoms with Crippen LogP contribution < -0.4 is 5.32 Å². The third kappa shape index (κ3) is 3.11. The maximum absolute atomic E-state index is 13.5. The summed E-state index contributed by atoms with van der Waals surface area (Å²) in [6.45, 7) is 3.90. The summed E-state index contributed by atoms with van der Waals surface area (Å²) in [5, 5.41) is 2.80. The molecule has 0 spiro atoms. The summed E-state index contributed by atoms with van der Waals surface area (Å²) < 4.78 is 30.5. The van der Waals surface area contributed by atoms with Crippen molar-refractivity contribution in [2.24, 2.45) is 0 Å². The molecule has 1 aromatic heterocycles. The molecule has 1 saturated carbocycles. The molecule has 0 atom stereocenters. The highest BCUT2D eigenvalue weighted by Gasteiger charge is 2.53. The Kier molecular flexibility index (Phi) is 4.73. The van der Waals surface area contributed by atoms with Crippen LogP contribution >= 0.6 is 0 Å². The normalized spacial score (nSPS) is 16.7. The lowest BCUT2D eigenvalue weighted by molar-refractivity contribution is -0.123. The second kappa shape index (κ2) is 6.67. The van der Waals surface area contributed by atoms with Gasteiger partial charge in [0.15, 0.2) is 14.6 Å². The molecule has 6 heteroatoms. The standard InChI is InChI=1S/C19H23NO4S/c1-14-5-6-15(2)17(11-14)25(22,23)19(8-3-4-9-19)18(21)20-12-16-7-10-24-13-16/h5-7,10-11,13H,3-4,8-9,12H2,1-2H3,(H,20,21). The van der Waals surface area contributed by atoms with Crippen molar-refractivity contribution in [2.45, 2.75) is 55.7 Å². The number of benzene rings is 1. The number of hydrogen-bond acceptors (Lipinski definition) is 4. The van der Waals surface area contributed by atoms with Gasteiger partial charge >= 0.3 is 0 Å². The van der Waals surface area contributed by atoms with Crippen molar-refractivity contribution < 1.29 is 17.6 Å². The first-order valence-electron chi connectivity index (χ1n) is 8.48. The maximum Gasteiger partial charge on any atom is 0.242 e. The van der Waals surface area contributed by atoms with Gasteiger partial charge < -0.3 is 9.73 Å². The summed E-state index contributed by atoms with van der Waals surface area (Å²) in [5.74, 6) is -0.410. The average molecular weight is 361 g/mol. The van der Waals surface area contributed by atoms with E-state index in [1.54, 1.807) is 31.4 Å². The van der Waals surface area contributed by atoms with Crippen LogP contribution in [-0.2, 0) is 21.2 Å². The molecule has 1 aliphatic rings. The van der Waals surface area contributed by atoms with Crippen LogP contribution in [0.25, 0.3) is 0 Å². The van der Waals surface area contributed by atoms with Crippen molar-refractivity contribution in [3.63, 3.8) is 0 Å². The first-order valence-corrected chi connectivity index (χ1v) is 9.96. The van der Waals surface area contributed by atoms with Gasteiger partial charge in [-0.05, 0) is 49.9 Å². The van der Waals surface area contributed by atoms with Crippen LogP contribution in [0.3, 0.4) is 0 Å². The van der Waals surface area contributed by atoms with E-state index in [9.17, 15) is 13.2 Å². The van der Waals surface area contributed by atoms with Crippen molar-refractivity contribution in [1.82, 2.24) is 5.32 Å². The zero-order valence-electron chi connectivity index (χ0n) is 14.5. The molecule has 1 fully saturated rings. The fourth-order valence-corrected chi connectivity index (χ4v) is 5.90. The maximum atomic E-state index is 13.5. The van der Waals surface area contributed by atoms with Gasteiger partial charge in [-0.15, -0.1) is 0 Å². The van der Waals surface area contributed by atoms with Crippen LogP contribution in [0.2, 0.25) is 0 Å². The Labute approximate surface area is 148 Å². The van der Waals surface area contributed by atoms with Gasteiger partial charge in [0, 0.05) is 12.1 Å². The summed E-state index contributed by atoms with van der Waals surface area (Å²) in [6, 6.07) is 7.11. The fraction of sp³-hybridized carbons (Fsp3) is 0.421. The van der Waals surface area contributed by atoms with Crippen LogP contribution in [-0.4, -0.2) is 19.1 Å². The minimum Gasteiger partial charge on any atom is -0.472 e. The summed E-state index contributed by atoms with van der Waals surface area (Å²) >= 11 is 0. The first-order chi connectivity index (χ1) is 11.9. The van der Waals surface area contributed by atoms with Gasteiger partial charge in [-0.1, -0.05) is 25.0 Å². The van der Waals surface area contributed by atoms with Gasteiger partial charge in [-0.25, -0.2) is 8.42 Å². The van der Waals surface area contributed by atoms with Crippen LogP contribution in [0.5, 0.6) is 0 Å². The number of sulfone groups is 1. The molecule has 1 amide bonds. The Hall–Kier alpha value is -2.08. The molecule has 0 unspecified atom stereocenters. The van der Waals surface area contributed by atoms with Gasteiger partial charge in [0.2, 0.25) is 5.91 Å². The first kappa shape index (κ1) is 17.7. The molecular weight excluding hydrogens is 338 g/mol. The van der Waals surface area contributed by atoms with E-state index in [1.807, 2.05) is 13.0 Å². The Morgan fingerprint density at radius 2 is 1.92 bits per heavy atom. The topological polar surface area (TPSA) is 76.4 Å². The van der Waals surface area contributed by atoms with Crippen LogP contribution in [0.15, 0.2) is 46.1 Å². The second-order valence-electron chi connectivity index (χ2n) is 6.79. The SMILES string of the molecule is Cc1ccc(C)c(S(=O)(=O)C2(C(=O)NCc3ccoc3)CCCC2)c1. The number of amides is 1. The monoisotopic (exact) mass is 361 g/mol. The Morgan fingerprint density at radius 3 is 2.56 bits per heavy atom. The quantitative estimate of drug-likeness (QED) is 0.886. The van der Waals surface area contributed by atoms with Crippen molar-refractivity contribution in [1.29, 1.82) is 0 Å². The number of carbonyl (C=O) groups excluding carboxylic acids is 1. The van der Waals surface area contributed by atoms with E-state index in [-0.39, 0.29) is 11.4 Å². The molecule has 1 aliphatic carbocycles. The lowest BCUT2D eigenvalue weighted by Gasteiger charge is -2.28. The number of aryl methyl sites for hydroxylation is 2. The van der Waals surface area contributed by atoms with E-state index >= 15 is 0 Å². The van der Waals surface area contributed by atoms with Crippen LogP contribution in [0.4, 0.5) is 0 Å². The second-order valence-corrected chi connectivity index (χ2v) is 9.02. The van der Waals surface area contributed by atoms with E-state index in [2.05, 4.69) is 5.32 Å². The molecule has 0 aliphatic heterocycles.